The summed E-state index contributed by atoms with van der Waals surface area (Å²) in [7, 11) is 4.81. The highest BCUT2D eigenvalue weighted by atomic mass is 33.1. The van der Waals surface area contributed by atoms with Gasteiger partial charge in [-0.1, -0.05) is 155 Å². The Kier molecular flexibility index (Phi) is 39.8. The lowest BCUT2D eigenvalue weighted by Gasteiger charge is -2.28. The summed E-state index contributed by atoms with van der Waals surface area (Å²) in [5.74, 6) is 0.959. The Morgan fingerprint density at radius 2 is 1.10 bits per heavy atom. The third kappa shape index (κ3) is 37.5. The van der Waals surface area contributed by atoms with Crippen LogP contribution in [0, 0.1) is 5.41 Å². The summed E-state index contributed by atoms with van der Waals surface area (Å²) in [6.45, 7) is 11.7. The van der Waals surface area contributed by atoms with Crippen LogP contribution in [0.4, 0.5) is 0 Å². The van der Waals surface area contributed by atoms with Crippen LogP contribution < -0.4 is 16.0 Å². The van der Waals surface area contributed by atoms with E-state index in [-0.39, 0.29) is 31.4 Å². The highest BCUT2D eigenvalue weighted by Crippen LogP contribution is 2.21. The first kappa shape index (κ1) is 51.8. The van der Waals surface area contributed by atoms with Crippen molar-refractivity contribution in [2.45, 2.75) is 137 Å². The predicted octanol–water partition coefficient (Wildman–Crippen LogP) is 9.43. The van der Waals surface area contributed by atoms with Crippen molar-refractivity contribution in [2.24, 2.45) is 5.41 Å². The number of amides is 3. The van der Waals surface area contributed by atoms with E-state index in [1.165, 1.54) is 45.6 Å². The third-order valence-corrected chi connectivity index (χ3v) is 10.1. The highest BCUT2D eigenvalue weighted by Gasteiger charge is 2.33. The summed E-state index contributed by atoms with van der Waals surface area (Å²) in [5, 5.41) is 18.5. The summed E-state index contributed by atoms with van der Waals surface area (Å²) in [5.41, 5.74) is -0.712. The van der Waals surface area contributed by atoms with Gasteiger partial charge in [0.2, 0.25) is 17.7 Å². The largest absolute Gasteiger partial charge is 0.384 e. The summed E-state index contributed by atoms with van der Waals surface area (Å²) in [6, 6.07) is 0. The standard InChI is InChI=1S/C34H57N3O5S2.C8H18/c1-5-6-7-8-9-10-11-12-13-14-15-16-17-18-19-20-21-22-30(38)35-25-27-43-44-28-26-36-31(39)23-24-37-33(41)32(40)34(2,3)29-42-4;1-3-5-7-8-6-4-2/h6-7,9-10,12-13,15-16,18-19,32,40H,5,8,11,14,17,20-29H2,1-4H3,(H,35,38)(H,36,39)(H,37,41);3-8H2,1-2H3/b7-6-,10-9-,13-12-,16-15-,19-18-;/t32-;/m0./s1. The molecule has 0 aromatic heterocycles. The number of ether oxygens (including phenoxy) is 1. The third-order valence-electron chi connectivity index (χ3n) is 7.64. The maximum Gasteiger partial charge on any atom is 0.249 e. The van der Waals surface area contributed by atoms with E-state index in [1.54, 1.807) is 35.4 Å². The Morgan fingerprint density at radius 1 is 0.635 bits per heavy atom. The average molecular weight is 766 g/mol. The highest BCUT2D eigenvalue weighted by molar-refractivity contribution is 8.76. The average Bonchev–Trinajstić information content (AvgIpc) is 3.12. The van der Waals surface area contributed by atoms with Gasteiger partial charge in [-0.2, -0.15) is 0 Å². The molecular weight excluding hydrogens is 691 g/mol. The molecule has 0 aliphatic carbocycles. The molecule has 3 amide bonds. The monoisotopic (exact) mass is 766 g/mol. The van der Waals surface area contributed by atoms with Gasteiger partial charge < -0.3 is 25.8 Å². The number of hydrogen-bond acceptors (Lipinski definition) is 7. The number of carbonyl (C=O) groups is 3. The van der Waals surface area contributed by atoms with Gasteiger partial charge in [0.1, 0.15) is 6.10 Å². The van der Waals surface area contributed by atoms with Crippen molar-refractivity contribution in [1.29, 1.82) is 0 Å². The number of aliphatic hydroxyl groups excluding tert-OH is 1. The molecule has 0 saturated carbocycles. The van der Waals surface area contributed by atoms with Crippen molar-refractivity contribution >= 4 is 39.3 Å². The number of methoxy groups -OCH3 is 1. The van der Waals surface area contributed by atoms with Gasteiger partial charge in [0.05, 0.1) is 6.61 Å². The van der Waals surface area contributed by atoms with Gasteiger partial charge in [0.25, 0.3) is 0 Å². The number of aliphatic hydroxyl groups is 1. The molecule has 52 heavy (non-hydrogen) atoms. The second-order valence-electron chi connectivity index (χ2n) is 13.2. The first-order chi connectivity index (χ1) is 25.2. The SMILES string of the molecule is CC/C=C\C/C=C\C/C=C\C/C=C\C/C=C\CCCC(=O)NCCSSCCNC(=O)CCNC(=O)[C@H](O)C(C)(C)COC.CCCCCCCC. The lowest BCUT2D eigenvalue weighted by Crippen LogP contribution is -2.46. The first-order valence-corrected chi connectivity index (χ1v) is 22.1. The maximum absolute atomic E-state index is 12.1. The molecular formula is C42H75N3O5S2. The molecule has 300 valence electrons. The second kappa shape index (κ2) is 39.9. The Balaban J connectivity index is 0. The van der Waals surface area contributed by atoms with Crippen molar-refractivity contribution in [2.75, 3.05) is 44.9 Å². The maximum atomic E-state index is 12.1. The van der Waals surface area contributed by atoms with E-state index in [9.17, 15) is 19.5 Å². The molecule has 4 N–H and O–H groups in total. The van der Waals surface area contributed by atoms with Gasteiger partial charge >= 0.3 is 0 Å². The van der Waals surface area contributed by atoms with Crippen LogP contribution in [0.15, 0.2) is 60.8 Å². The second-order valence-corrected chi connectivity index (χ2v) is 15.9. The van der Waals surface area contributed by atoms with Crippen LogP contribution in [-0.4, -0.2) is 73.8 Å². The Hall–Kier alpha value is -2.27. The molecule has 8 nitrogen and oxygen atoms in total. The van der Waals surface area contributed by atoms with Crippen molar-refractivity contribution in [3.8, 4) is 0 Å². The molecule has 0 bridgehead atoms. The molecule has 0 saturated heterocycles. The Labute approximate surface area is 326 Å². The lowest BCUT2D eigenvalue weighted by atomic mass is 9.87. The Morgan fingerprint density at radius 3 is 1.56 bits per heavy atom. The zero-order valence-corrected chi connectivity index (χ0v) is 35.2. The van der Waals surface area contributed by atoms with Gasteiger partial charge in [-0.25, -0.2) is 0 Å². The fourth-order valence-electron chi connectivity index (χ4n) is 4.56. The molecule has 0 aliphatic rings. The van der Waals surface area contributed by atoms with Crippen LogP contribution in [-0.2, 0) is 19.1 Å². The molecule has 0 fully saturated rings. The summed E-state index contributed by atoms with van der Waals surface area (Å²) < 4.78 is 5.03. The number of unbranched alkanes of at least 4 members (excludes halogenated alkanes) is 6. The molecule has 0 aliphatic heterocycles. The van der Waals surface area contributed by atoms with Crippen LogP contribution >= 0.6 is 21.6 Å². The topological polar surface area (TPSA) is 117 Å². The van der Waals surface area contributed by atoms with E-state index in [0.29, 0.717) is 19.5 Å². The fraction of sp³-hybridized carbons (Fsp3) is 0.690. The minimum atomic E-state index is -1.21. The van der Waals surface area contributed by atoms with Gasteiger partial charge in [-0.15, -0.1) is 0 Å². The molecule has 0 aromatic rings. The Bertz CT molecular complexity index is 1010. The number of carbonyl (C=O) groups excluding carboxylic acids is 3. The molecule has 0 radical (unpaired) electrons. The number of hydrogen-bond donors (Lipinski definition) is 4. The van der Waals surface area contributed by atoms with Crippen LogP contribution in [0.3, 0.4) is 0 Å². The van der Waals surface area contributed by atoms with E-state index in [1.807, 2.05) is 0 Å². The first-order valence-electron chi connectivity index (χ1n) is 19.6. The van der Waals surface area contributed by atoms with Gasteiger partial charge in [0, 0.05) is 56.5 Å². The molecule has 10 heteroatoms. The van der Waals surface area contributed by atoms with Crippen LogP contribution in [0.2, 0.25) is 0 Å². The summed E-state index contributed by atoms with van der Waals surface area (Å²) >= 11 is 0. The minimum Gasteiger partial charge on any atom is -0.384 e. The smallest absolute Gasteiger partial charge is 0.249 e. The van der Waals surface area contributed by atoms with Crippen LogP contribution in [0.5, 0.6) is 0 Å². The van der Waals surface area contributed by atoms with Crippen molar-refractivity contribution in [1.82, 2.24) is 16.0 Å². The summed E-state index contributed by atoms with van der Waals surface area (Å²) in [4.78, 5) is 36.0. The van der Waals surface area contributed by atoms with Crippen molar-refractivity contribution in [3.63, 3.8) is 0 Å². The van der Waals surface area contributed by atoms with Crippen LogP contribution in [0.25, 0.3) is 0 Å². The molecule has 0 spiro atoms. The lowest BCUT2D eigenvalue weighted by molar-refractivity contribution is -0.137. The van der Waals surface area contributed by atoms with E-state index in [0.717, 1.165) is 56.5 Å². The molecule has 0 aromatic carbocycles. The normalized spacial score (nSPS) is 12.6. The zero-order chi connectivity index (χ0) is 39.0. The van der Waals surface area contributed by atoms with Crippen LogP contribution in [0.1, 0.15) is 131 Å². The van der Waals surface area contributed by atoms with Gasteiger partial charge in [-0.3, -0.25) is 14.4 Å². The number of nitrogens with one attached hydrogen (secondary N) is 3. The van der Waals surface area contributed by atoms with E-state index < -0.39 is 17.4 Å². The van der Waals surface area contributed by atoms with Crippen molar-refractivity contribution in [3.05, 3.63) is 60.8 Å². The van der Waals surface area contributed by atoms with Crippen molar-refractivity contribution < 1.29 is 24.2 Å². The summed E-state index contributed by atoms with van der Waals surface area (Å²) in [6.07, 6.45) is 36.5. The predicted molar refractivity (Wildman–Crippen MR) is 228 cm³/mol. The molecule has 0 unspecified atom stereocenters. The number of rotatable bonds is 32. The van der Waals surface area contributed by atoms with E-state index >= 15 is 0 Å². The van der Waals surface area contributed by atoms with E-state index in [4.69, 9.17) is 4.74 Å². The molecule has 0 rings (SSSR count). The van der Waals surface area contributed by atoms with Gasteiger partial charge in [-0.05, 0) is 44.9 Å². The fourth-order valence-corrected chi connectivity index (χ4v) is 6.38. The van der Waals surface area contributed by atoms with Gasteiger partial charge in [0.15, 0.2) is 0 Å². The number of allylic oxidation sites excluding steroid dienone is 10. The molecule has 0 heterocycles. The zero-order valence-electron chi connectivity index (χ0n) is 33.6. The molecule has 1 atom stereocenters. The quantitative estimate of drug-likeness (QED) is 0.0306. The van der Waals surface area contributed by atoms with E-state index in [2.05, 4.69) is 97.5 Å². The minimum absolute atomic E-state index is 0.0806.